The number of aromatic nitrogens is 4. The molecule has 3 aromatic rings. The second kappa shape index (κ2) is 6.66. The Morgan fingerprint density at radius 1 is 1.26 bits per heavy atom. The summed E-state index contributed by atoms with van der Waals surface area (Å²) in [5.74, 6) is 0.434. The number of benzene rings is 1. The minimum Gasteiger partial charge on any atom is -0.384 e. The summed E-state index contributed by atoms with van der Waals surface area (Å²) >= 11 is 0. The van der Waals surface area contributed by atoms with Gasteiger partial charge >= 0.3 is 0 Å². The predicted octanol–water partition coefficient (Wildman–Crippen LogP) is 2.97. The number of halogens is 1. The molecule has 118 valence electrons. The summed E-state index contributed by atoms with van der Waals surface area (Å²) in [6, 6.07) is 8.17. The van der Waals surface area contributed by atoms with E-state index in [1.165, 1.54) is 12.1 Å². The van der Waals surface area contributed by atoms with Gasteiger partial charge < -0.3 is 4.74 Å². The average molecular weight is 312 g/mol. The van der Waals surface area contributed by atoms with E-state index in [9.17, 15) is 4.39 Å². The van der Waals surface area contributed by atoms with E-state index in [4.69, 9.17) is 4.74 Å². The van der Waals surface area contributed by atoms with Crippen molar-refractivity contribution in [2.24, 2.45) is 0 Å². The lowest BCUT2D eigenvalue weighted by Crippen LogP contribution is -2.01. The Balaban J connectivity index is 1.95. The first-order chi connectivity index (χ1) is 11.2. The lowest BCUT2D eigenvalue weighted by atomic mass is 10.2. The summed E-state index contributed by atoms with van der Waals surface area (Å²) in [6.45, 7) is 2.48. The summed E-state index contributed by atoms with van der Waals surface area (Å²) in [4.78, 5) is 8.79. The minimum atomic E-state index is -0.291. The first-order valence-electron chi connectivity index (χ1n) is 7.31. The van der Waals surface area contributed by atoms with Gasteiger partial charge in [-0.1, -0.05) is 6.07 Å². The van der Waals surface area contributed by atoms with Crippen LogP contribution in [0.15, 0.2) is 42.7 Å². The fourth-order valence-electron chi connectivity index (χ4n) is 2.33. The number of hydrogen-bond donors (Lipinski definition) is 0. The molecule has 0 unspecified atom stereocenters. The van der Waals surface area contributed by atoms with Crippen molar-refractivity contribution in [2.45, 2.75) is 13.3 Å². The molecule has 0 radical (unpaired) electrons. The normalized spacial score (nSPS) is 10.9. The van der Waals surface area contributed by atoms with Crippen LogP contribution in [0.1, 0.15) is 11.5 Å². The lowest BCUT2D eigenvalue weighted by molar-refractivity contribution is 0.200. The topological polar surface area (TPSA) is 52.8 Å². The fourth-order valence-corrected chi connectivity index (χ4v) is 2.33. The van der Waals surface area contributed by atoms with E-state index in [-0.39, 0.29) is 5.82 Å². The van der Waals surface area contributed by atoms with E-state index < -0.39 is 0 Å². The number of methoxy groups -OCH3 is 1. The van der Waals surface area contributed by atoms with E-state index in [1.807, 2.05) is 25.3 Å². The van der Waals surface area contributed by atoms with Crippen molar-refractivity contribution in [1.82, 2.24) is 19.7 Å². The first kappa shape index (κ1) is 15.3. The quantitative estimate of drug-likeness (QED) is 0.727. The number of hydrogen-bond acceptors (Lipinski definition) is 4. The molecular formula is C17H17FN4O. The van der Waals surface area contributed by atoms with Gasteiger partial charge in [-0.3, -0.25) is 0 Å². The number of ether oxygens (including phenoxy) is 1. The van der Waals surface area contributed by atoms with E-state index in [2.05, 4.69) is 15.1 Å². The molecule has 0 atom stereocenters. The molecule has 0 amide bonds. The number of aryl methyl sites for hydroxylation is 1. The standard InChI is InChI=1S/C17H17FN4O/c1-12-15(16-6-8-19-17(20-16)7-9-23-2)11-22(21-12)14-5-3-4-13(18)10-14/h3-6,8,10-11H,7,9H2,1-2H3. The van der Waals surface area contributed by atoms with Crippen molar-refractivity contribution in [2.75, 3.05) is 13.7 Å². The van der Waals surface area contributed by atoms with Gasteiger partial charge in [0.2, 0.25) is 0 Å². The molecule has 0 fully saturated rings. The van der Waals surface area contributed by atoms with Crippen LogP contribution in [-0.4, -0.2) is 33.5 Å². The van der Waals surface area contributed by atoms with Crippen LogP contribution in [0.5, 0.6) is 0 Å². The third kappa shape index (κ3) is 3.43. The summed E-state index contributed by atoms with van der Waals surface area (Å²) in [6.07, 6.45) is 4.24. The van der Waals surface area contributed by atoms with Crippen LogP contribution in [0.25, 0.3) is 16.9 Å². The zero-order chi connectivity index (χ0) is 16.2. The molecule has 2 heterocycles. The van der Waals surface area contributed by atoms with Gasteiger partial charge in [-0.15, -0.1) is 0 Å². The van der Waals surface area contributed by atoms with Gasteiger partial charge in [0.1, 0.15) is 11.6 Å². The Kier molecular flexibility index (Phi) is 4.43. The van der Waals surface area contributed by atoms with Crippen molar-refractivity contribution in [1.29, 1.82) is 0 Å². The molecule has 0 aliphatic heterocycles. The van der Waals surface area contributed by atoms with Crippen molar-refractivity contribution >= 4 is 0 Å². The second-order valence-corrected chi connectivity index (χ2v) is 5.15. The molecular weight excluding hydrogens is 295 g/mol. The zero-order valence-corrected chi connectivity index (χ0v) is 13.0. The van der Waals surface area contributed by atoms with Crippen molar-refractivity contribution in [3.8, 4) is 16.9 Å². The van der Waals surface area contributed by atoms with Gasteiger partial charge in [0, 0.05) is 31.5 Å². The van der Waals surface area contributed by atoms with Crippen LogP contribution in [0.2, 0.25) is 0 Å². The van der Waals surface area contributed by atoms with Crippen LogP contribution in [0.4, 0.5) is 4.39 Å². The van der Waals surface area contributed by atoms with Gasteiger partial charge in [0.05, 0.1) is 23.7 Å². The highest BCUT2D eigenvalue weighted by Gasteiger charge is 2.11. The predicted molar refractivity (Wildman–Crippen MR) is 84.9 cm³/mol. The minimum absolute atomic E-state index is 0.291. The molecule has 23 heavy (non-hydrogen) atoms. The van der Waals surface area contributed by atoms with Crippen molar-refractivity contribution in [3.63, 3.8) is 0 Å². The second-order valence-electron chi connectivity index (χ2n) is 5.15. The molecule has 0 aliphatic carbocycles. The van der Waals surface area contributed by atoms with E-state index in [0.717, 1.165) is 22.8 Å². The summed E-state index contributed by atoms with van der Waals surface area (Å²) in [7, 11) is 1.65. The highest BCUT2D eigenvalue weighted by molar-refractivity contribution is 5.61. The number of rotatable bonds is 5. The molecule has 3 rings (SSSR count). The maximum absolute atomic E-state index is 13.4. The Bertz CT molecular complexity index is 816. The molecule has 5 nitrogen and oxygen atoms in total. The Morgan fingerprint density at radius 3 is 2.91 bits per heavy atom. The molecule has 0 saturated heterocycles. The molecule has 2 aromatic heterocycles. The first-order valence-corrected chi connectivity index (χ1v) is 7.31. The van der Waals surface area contributed by atoms with E-state index in [1.54, 1.807) is 24.1 Å². The Hall–Kier alpha value is -2.60. The SMILES string of the molecule is COCCc1nccc(-c2cn(-c3cccc(F)c3)nc2C)n1. The molecule has 0 N–H and O–H groups in total. The maximum atomic E-state index is 13.4. The summed E-state index contributed by atoms with van der Waals surface area (Å²) < 4.78 is 20.1. The van der Waals surface area contributed by atoms with E-state index in [0.29, 0.717) is 18.7 Å². The Morgan fingerprint density at radius 2 is 2.13 bits per heavy atom. The smallest absolute Gasteiger partial charge is 0.131 e. The van der Waals surface area contributed by atoms with Gasteiger partial charge in [-0.2, -0.15) is 5.10 Å². The number of nitrogens with zero attached hydrogens (tertiary/aromatic N) is 4. The largest absolute Gasteiger partial charge is 0.384 e. The van der Waals surface area contributed by atoms with Gasteiger partial charge in [-0.05, 0) is 31.2 Å². The summed E-state index contributed by atoms with van der Waals surface area (Å²) in [5, 5.41) is 4.46. The Labute approximate surface area is 133 Å². The average Bonchev–Trinajstić information content (AvgIpc) is 2.95. The van der Waals surface area contributed by atoms with Gasteiger partial charge in [-0.25, -0.2) is 19.0 Å². The lowest BCUT2D eigenvalue weighted by Gasteiger charge is -2.02. The van der Waals surface area contributed by atoms with Crippen molar-refractivity contribution in [3.05, 3.63) is 60.1 Å². The molecule has 0 saturated carbocycles. The maximum Gasteiger partial charge on any atom is 0.131 e. The third-order valence-electron chi connectivity index (χ3n) is 3.48. The van der Waals surface area contributed by atoms with Crippen LogP contribution < -0.4 is 0 Å². The van der Waals surface area contributed by atoms with Crippen LogP contribution >= 0.6 is 0 Å². The van der Waals surface area contributed by atoms with E-state index >= 15 is 0 Å². The fraction of sp³-hybridized carbons (Fsp3) is 0.235. The zero-order valence-electron chi connectivity index (χ0n) is 13.0. The summed E-state index contributed by atoms with van der Waals surface area (Å²) in [5.41, 5.74) is 3.19. The molecule has 0 aliphatic rings. The van der Waals surface area contributed by atoms with Gasteiger partial charge in [0.25, 0.3) is 0 Å². The molecule has 0 bridgehead atoms. The molecule has 0 spiro atoms. The van der Waals surface area contributed by atoms with Crippen LogP contribution in [-0.2, 0) is 11.2 Å². The van der Waals surface area contributed by atoms with Crippen LogP contribution in [0, 0.1) is 12.7 Å². The molecule has 1 aromatic carbocycles. The third-order valence-corrected chi connectivity index (χ3v) is 3.48. The highest BCUT2D eigenvalue weighted by atomic mass is 19.1. The van der Waals surface area contributed by atoms with Crippen molar-refractivity contribution < 1.29 is 9.13 Å². The highest BCUT2D eigenvalue weighted by Crippen LogP contribution is 2.22. The van der Waals surface area contributed by atoms with Gasteiger partial charge in [0.15, 0.2) is 0 Å². The molecule has 6 heteroatoms. The monoisotopic (exact) mass is 312 g/mol. The van der Waals surface area contributed by atoms with Crippen LogP contribution in [0.3, 0.4) is 0 Å².